The zero-order chi connectivity index (χ0) is 19.2. The number of guanidine groups is 1. The molecule has 1 heterocycles. The Morgan fingerprint density at radius 2 is 1.75 bits per heavy atom. The van der Waals surface area contributed by atoms with Crippen LogP contribution in [0.1, 0.15) is 24.0 Å². The Balaban J connectivity index is 1.26. The van der Waals surface area contributed by atoms with E-state index in [2.05, 4.69) is 69.4 Å². The second-order valence-corrected chi connectivity index (χ2v) is 7.38. The van der Waals surface area contributed by atoms with E-state index in [1.165, 1.54) is 24.0 Å². The van der Waals surface area contributed by atoms with Crippen molar-refractivity contribution in [3.63, 3.8) is 0 Å². The van der Waals surface area contributed by atoms with E-state index in [1.807, 2.05) is 36.1 Å². The van der Waals surface area contributed by atoms with Crippen molar-refractivity contribution < 1.29 is 0 Å². The highest BCUT2D eigenvalue weighted by Gasteiger charge is 2.43. The molecule has 144 valence electrons. The summed E-state index contributed by atoms with van der Waals surface area (Å²) in [6.07, 6.45) is 7.39. The molecule has 5 heteroatoms. The Kier molecular flexibility index (Phi) is 5.42. The van der Waals surface area contributed by atoms with Crippen molar-refractivity contribution in [3.8, 4) is 5.69 Å². The van der Waals surface area contributed by atoms with Crippen molar-refractivity contribution >= 4 is 5.96 Å². The van der Waals surface area contributed by atoms with Crippen molar-refractivity contribution in [2.75, 3.05) is 20.1 Å². The number of para-hydroxylation sites is 1. The van der Waals surface area contributed by atoms with Gasteiger partial charge in [0.15, 0.2) is 5.96 Å². The second kappa shape index (κ2) is 8.30. The Bertz CT molecular complexity index is 910. The van der Waals surface area contributed by atoms with Gasteiger partial charge in [-0.25, -0.2) is 4.68 Å². The first kappa shape index (κ1) is 18.3. The van der Waals surface area contributed by atoms with E-state index < -0.39 is 0 Å². The predicted molar refractivity (Wildman–Crippen MR) is 114 cm³/mol. The first-order chi connectivity index (χ1) is 13.8. The van der Waals surface area contributed by atoms with E-state index in [0.29, 0.717) is 0 Å². The molecule has 4 rings (SSSR count). The zero-order valence-electron chi connectivity index (χ0n) is 16.3. The molecular formula is C23H27N5. The normalized spacial score (nSPS) is 15.2. The molecule has 2 N–H and O–H groups in total. The third-order valence-corrected chi connectivity index (χ3v) is 5.42. The molecule has 1 aromatic heterocycles. The Labute approximate surface area is 166 Å². The van der Waals surface area contributed by atoms with E-state index in [-0.39, 0.29) is 5.41 Å². The lowest BCUT2D eigenvalue weighted by Crippen LogP contribution is -2.41. The number of rotatable bonds is 7. The summed E-state index contributed by atoms with van der Waals surface area (Å²) in [6, 6.07) is 21.0. The average molecular weight is 374 g/mol. The minimum Gasteiger partial charge on any atom is -0.356 e. The van der Waals surface area contributed by atoms with Crippen molar-refractivity contribution in [2.45, 2.75) is 24.7 Å². The number of benzene rings is 2. The SMILES string of the molecule is CN=C(NCCc1cnn(-c2ccccc2)c1)NCC1(c2ccccc2)CC1. The van der Waals surface area contributed by atoms with E-state index in [1.54, 1.807) is 0 Å². The largest absolute Gasteiger partial charge is 0.356 e. The smallest absolute Gasteiger partial charge is 0.191 e. The molecule has 1 aliphatic rings. The zero-order valence-corrected chi connectivity index (χ0v) is 16.3. The highest BCUT2D eigenvalue weighted by molar-refractivity contribution is 5.79. The van der Waals surface area contributed by atoms with Gasteiger partial charge in [-0.2, -0.15) is 5.10 Å². The van der Waals surface area contributed by atoms with Gasteiger partial charge in [0.25, 0.3) is 0 Å². The molecule has 0 atom stereocenters. The van der Waals surface area contributed by atoms with Gasteiger partial charge in [-0.3, -0.25) is 4.99 Å². The van der Waals surface area contributed by atoms with Gasteiger partial charge in [-0.05, 0) is 42.5 Å². The summed E-state index contributed by atoms with van der Waals surface area (Å²) in [7, 11) is 1.82. The molecule has 0 saturated heterocycles. The van der Waals surface area contributed by atoms with Gasteiger partial charge >= 0.3 is 0 Å². The van der Waals surface area contributed by atoms with Gasteiger partial charge < -0.3 is 10.6 Å². The summed E-state index contributed by atoms with van der Waals surface area (Å²) >= 11 is 0. The van der Waals surface area contributed by atoms with Crippen molar-refractivity contribution in [1.29, 1.82) is 0 Å². The van der Waals surface area contributed by atoms with Crippen LogP contribution >= 0.6 is 0 Å². The number of nitrogens with zero attached hydrogens (tertiary/aromatic N) is 3. The third-order valence-electron chi connectivity index (χ3n) is 5.42. The standard InChI is InChI=1S/C23H27N5/c1-24-22(26-18-23(13-14-23)20-8-4-2-5-9-20)25-15-12-19-16-27-28(17-19)21-10-6-3-7-11-21/h2-11,16-17H,12-15,18H2,1H3,(H2,24,25,26). The fourth-order valence-electron chi connectivity index (χ4n) is 3.52. The fraction of sp³-hybridized carbons (Fsp3) is 0.304. The maximum Gasteiger partial charge on any atom is 0.191 e. The number of hydrogen-bond acceptors (Lipinski definition) is 2. The molecule has 1 aliphatic carbocycles. The third kappa shape index (κ3) is 4.25. The maximum absolute atomic E-state index is 4.46. The van der Waals surface area contributed by atoms with Gasteiger partial charge in [0.2, 0.25) is 0 Å². The molecule has 5 nitrogen and oxygen atoms in total. The van der Waals surface area contributed by atoms with E-state index >= 15 is 0 Å². The average Bonchev–Trinajstić information content (AvgIpc) is 3.41. The van der Waals surface area contributed by atoms with Gasteiger partial charge in [0.1, 0.15) is 0 Å². The summed E-state index contributed by atoms with van der Waals surface area (Å²) in [5.74, 6) is 0.859. The number of hydrogen-bond donors (Lipinski definition) is 2. The molecule has 0 radical (unpaired) electrons. The van der Waals surface area contributed by atoms with Crippen LogP contribution in [0.3, 0.4) is 0 Å². The van der Waals surface area contributed by atoms with Crippen LogP contribution in [0.25, 0.3) is 5.69 Å². The lowest BCUT2D eigenvalue weighted by molar-refractivity contribution is 0.645. The van der Waals surface area contributed by atoms with Gasteiger partial charge in [0.05, 0.1) is 11.9 Å². The van der Waals surface area contributed by atoms with E-state index in [4.69, 9.17) is 0 Å². The fourth-order valence-corrected chi connectivity index (χ4v) is 3.52. The first-order valence-electron chi connectivity index (χ1n) is 9.88. The lowest BCUT2D eigenvalue weighted by Gasteiger charge is -2.19. The number of nitrogens with one attached hydrogen (secondary N) is 2. The van der Waals surface area contributed by atoms with Crippen LogP contribution in [0.5, 0.6) is 0 Å². The van der Waals surface area contributed by atoms with Crippen molar-refractivity contribution in [3.05, 3.63) is 84.2 Å². The first-order valence-corrected chi connectivity index (χ1v) is 9.88. The highest BCUT2D eigenvalue weighted by Crippen LogP contribution is 2.47. The van der Waals surface area contributed by atoms with Crippen molar-refractivity contribution in [1.82, 2.24) is 20.4 Å². The van der Waals surface area contributed by atoms with Gasteiger partial charge in [-0.15, -0.1) is 0 Å². The highest BCUT2D eigenvalue weighted by atomic mass is 15.3. The molecule has 28 heavy (non-hydrogen) atoms. The number of aromatic nitrogens is 2. The Hall–Kier alpha value is -3.08. The molecule has 0 aliphatic heterocycles. The minimum atomic E-state index is 0.274. The molecule has 2 aromatic carbocycles. The Morgan fingerprint density at radius 3 is 2.43 bits per heavy atom. The summed E-state index contributed by atoms with van der Waals surface area (Å²) < 4.78 is 1.92. The quantitative estimate of drug-likeness (QED) is 0.493. The monoisotopic (exact) mass is 373 g/mol. The molecule has 0 unspecified atom stereocenters. The maximum atomic E-state index is 4.46. The van der Waals surface area contributed by atoms with E-state index in [9.17, 15) is 0 Å². The van der Waals surface area contributed by atoms with Crippen LogP contribution in [0.15, 0.2) is 78.0 Å². The molecule has 1 saturated carbocycles. The van der Waals surface area contributed by atoms with Crippen LogP contribution < -0.4 is 10.6 Å². The van der Waals surface area contributed by atoms with Gasteiger partial charge in [0, 0.05) is 31.7 Å². The molecule has 3 aromatic rings. The van der Waals surface area contributed by atoms with Crippen molar-refractivity contribution in [2.24, 2.45) is 4.99 Å². The molecule has 0 bridgehead atoms. The second-order valence-electron chi connectivity index (χ2n) is 7.38. The van der Waals surface area contributed by atoms with E-state index in [0.717, 1.165) is 31.2 Å². The summed E-state index contributed by atoms with van der Waals surface area (Å²) in [5, 5.41) is 11.4. The van der Waals surface area contributed by atoms with Crippen LogP contribution in [0, 0.1) is 0 Å². The van der Waals surface area contributed by atoms with Gasteiger partial charge in [-0.1, -0.05) is 48.5 Å². The van der Waals surface area contributed by atoms with Crippen LogP contribution in [-0.2, 0) is 11.8 Å². The summed E-state index contributed by atoms with van der Waals surface area (Å²) in [6.45, 7) is 1.74. The summed E-state index contributed by atoms with van der Waals surface area (Å²) in [4.78, 5) is 4.37. The molecule has 0 spiro atoms. The van der Waals surface area contributed by atoms with Crippen LogP contribution in [0.2, 0.25) is 0 Å². The molecular weight excluding hydrogens is 346 g/mol. The topological polar surface area (TPSA) is 54.2 Å². The summed E-state index contributed by atoms with van der Waals surface area (Å²) in [5.41, 5.74) is 3.98. The lowest BCUT2D eigenvalue weighted by atomic mass is 9.96. The minimum absolute atomic E-state index is 0.274. The predicted octanol–water partition coefficient (Wildman–Crippen LogP) is 3.31. The van der Waals surface area contributed by atoms with Crippen LogP contribution in [0.4, 0.5) is 0 Å². The molecule has 1 fully saturated rings. The number of aliphatic imine (C=N–C) groups is 1. The Morgan fingerprint density at radius 1 is 1.04 bits per heavy atom. The van der Waals surface area contributed by atoms with Crippen LogP contribution in [-0.4, -0.2) is 35.9 Å². The molecule has 0 amide bonds.